The number of nitrogens with zero attached hydrogens (tertiary/aromatic N) is 1. The normalized spacial score (nSPS) is 16.3. The van der Waals surface area contributed by atoms with Crippen LogP contribution in [0.4, 0.5) is 5.69 Å². The van der Waals surface area contributed by atoms with Gasteiger partial charge in [0.2, 0.25) is 5.91 Å². The molecule has 0 radical (unpaired) electrons. The predicted molar refractivity (Wildman–Crippen MR) is 99.6 cm³/mol. The molecule has 1 aliphatic rings. The summed E-state index contributed by atoms with van der Waals surface area (Å²) < 4.78 is 10.6. The van der Waals surface area contributed by atoms with E-state index in [1.807, 2.05) is 35.2 Å². The highest BCUT2D eigenvalue weighted by Crippen LogP contribution is 2.32. The van der Waals surface area contributed by atoms with E-state index >= 15 is 0 Å². The molecule has 4 heteroatoms. The number of benzene rings is 2. The van der Waals surface area contributed by atoms with Crippen molar-refractivity contribution in [2.75, 3.05) is 19.1 Å². The van der Waals surface area contributed by atoms with Crippen molar-refractivity contribution >= 4 is 11.6 Å². The Morgan fingerprint density at radius 2 is 1.88 bits per heavy atom. The van der Waals surface area contributed by atoms with Crippen LogP contribution in [0.5, 0.6) is 11.5 Å². The van der Waals surface area contributed by atoms with Crippen LogP contribution in [-0.2, 0) is 17.6 Å². The smallest absolute Gasteiger partial charge is 0.227 e. The zero-order chi connectivity index (χ0) is 17.8. The Morgan fingerprint density at radius 3 is 2.64 bits per heavy atom. The SMILES string of the molecule is COc1ccc(CCC(=O)N2c3ccccc3CCC2C)cc1OC. The minimum Gasteiger partial charge on any atom is -0.493 e. The average Bonchev–Trinajstić information content (AvgIpc) is 2.65. The van der Waals surface area contributed by atoms with Crippen LogP contribution in [0, 0.1) is 0 Å². The van der Waals surface area contributed by atoms with Crippen LogP contribution in [-0.4, -0.2) is 26.2 Å². The highest BCUT2D eigenvalue weighted by Gasteiger charge is 2.27. The van der Waals surface area contributed by atoms with Crippen molar-refractivity contribution in [1.29, 1.82) is 0 Å². The Balaban J connectivity index is 1.73. The van der Waals surface area contributed by atoms with Crippen molar-refractivity contribution in [3.8, 4) is 11.5 Å². The van der Waals surface area contributed by atoms with Crippen LogP contribution < -0.4 is 14.4 Å². The molecule has 0 spiro atoms. The van der Waals surface area contributed by atoms with Gasteiger partial charge >= 0.3 is 0 Å². The first kappa shape index (κ1) is 17.3. The summed E-state index contributed by atoms with van der Waals surface area (Å²) in [4.78, 5) is 14.9. The number of hydrogen-bond acceptors (Lipinski definition) is 3. The highest BCUT2D eigenvalue weighted by atomic mass is 16.5. The number of fused-ring (bicyclic) bond motifs is 1. The van der Waals surface area contributed by atoms with E-state index in [9.17, 15) is 4.79 Å². The molecule has 0 saturated heterocycles. The maximum Gasteiger partial charge on any atom is 0.227 e. The van der Waals surface area contributed by atoms with Crippen molar-refractivity contribution in [3.05, 3.63) is 53.6 Å². The number of para-hydroxylation sites is 1. The molecule has 1 heterocycles. The lowest BCUT2D eigenvalue weighted by Crippen LogP contribution is -2.42. The van der Waals surface area contributed by atoms with Gasteiger partial charge in [0.1, 0.15) is 0 Å². The average molecular weight is 339 g/mol. The molecule has 25 heavy (non-hydrogen) atoms. The summed E-state index contributed by atoms with van der Waals surface area (Å²) in [5, 5.41) is 0. The number of aryl methyl sites for hydroxylation is 2. The van der Waals surface area contributed by atoms with Gasteiger partial charge in [0.05, 0.1) is 14.2 Å². The van der Waals surface area contributed by atoms with Gasteiger partial charge in [-0.05, 0) is 55.5 Å². The topological polar surface area (TPSA) is 38.8 Å². The fourth-order valence-corrected chi connectivity index (χ4v) is 3.48. The summed E-state index contributed by atoms with van der Waals surface area (Å²) in [6.45, 7) is 2.13. The van der Waals surface area contributed by atoms with Gasteiger partial charge in [0.25, 0.3) is 0 Å². The number of rotatable bonds is 5. The molecule has 0 N–H and O–H groups in total. The number of carbonyl (C=O) groups excluding carboxylic acids is 1. The van der Waals surface area contributed by atoms with E-state index in [1.165, 1.54) is 5.56 Å². The molecular weight excluding hydrogens is 314 g/mol. The quantitative estimate of drug-likeness (QED) is 0.826. The van der Waals surface area contributed by atoms with E-state index in [0.717, 1.165) is 24.1 Å². The molecule has 4 nitrogen and oxygen atoms in total. The maximum absolute atomic E-state index is 12.9. The molecule has 1 aliphatic heterocycles. The maximum atomic E-state index is 12.9. The zero-order valence-electron chi connectivity index (χ0n) is 15.1. The number of ether oxygens (including phenoxy) is 2. The van der Waals surface area contributed by atoms with E-state index in [2.05, 4.69) is 19.1 Å². The monoisotopic (exact) mass is 339 g/mol. The molecule has 0 aliphatic carbocycles. The summed E-state index contributed by atoms with van der Waals surface area (Å²) >= 11 is 0. The lowest BCUT2D eigenvalue weighted by molar-refractivity contribution is -0.119. The summed E-state index contributed by atoms with van der Waals surface area (Å²) in [5.41, 5.74) is 3.41. The second-order valence-electron chi connectivity index (χ2n) is 6.47. The Labute approximate surface area is 149 Å². The highest BCUT2D eigenvalue weighted by molar-refractivity contribution is 5.95. The third kappa shape index (κ3) is 3.63. The van der Waals surface area contributed by atoms with Crippen LogP contribution >= 0.6 is 0 Å². The van der Waals surface area contributed by atoms with E-state index in [0.29, 0.717) is 24.3 Å². The van der Waals surface area contributed by atoms with Gasteiger partial charge in [-0.1, -0.05) is 24.3 Å². The van der Waals surface area contributed by atoms with Crippen LogP contribution in [0.15, 0.2) is 42.5 Å². The summed E-state index contributed by atoms with van der Waals surface area (Å²) in [6, 6.07) is 14.3. The molecular formula is C21H25NO3. The van der Waals surface area contributed by atoms with Gasteiger partial charge in [0.15, 0.2) is 11.5 Å². The number of carbonyl (C=O) groups is 1. The molecule has 0 saturated carbocycles. The zero-order valence-corrected chi connectivity index (χ0v) is 15.1. The third-order valence-electron chi connectivity index (χ3n) is 4.87. The third-order valence-corrected chi connectivity index (χ3v) is 4.87. The fourth-order valence-electron chi connectivity index (χ4n) is 3.48. The number of methoxy groups -OCH3 is 2. The van der Waals surface area contributed by atoms with Gasteiger partial charge in [-0.2, -0.15) is 0 Å². The molecule has 1 amide bonds. The van der Waals surface area contributed by atoms with Gasteiger partial charge < -0.3 is 14.4 Å². The Bertz CT molecular complexity index is 757. The standard InChI is InChI=1S/C21H25NO3/c1-15-8-11-17-6-4-5-7-18(17)22(15)21(23)13-10-16-9-12-19(24-2)20(14-16)25-3/h4-7,9,12,14-15H,8,10-11,13H2,1-3H3. The summed E-state index contributed by atoms with van der Waals surface area (Å²) in [7, 11) is 3.25. The van der Waals surface area contributed by atoms with E-state index in [4.69, 9.17) is 9.47 Å². The Hall–Kier alpha value is -2.49. The molecule has 132 valence electrons. The molecule has 0 fully saturated rings. The van der Waals surface area contributed by atoms with Crippen molar-refractivity contribution < 1.29 is 14.3 Å². The van der Waals surface area contributed by atoms with Crippen LogP contribution in [0.1, 0.15) is 30.9 Å². The second-order valence-corrected chi connectivity index (χ2v) is 6.47. The fraction of sp³-hybridized carbons (Fsp3) is 0.381. The molecule has 1 unspecified atom stereocenters. The molecule has 0 bridgehead atoms. The van der Waals surface area contributed by atoms with Gasteiger partial charge in [-0.25, -0.2) is 0 Å². The van der Waals surface area contributed by atoms with E-state index in [-0.39, 0.29) is 11.9 Å². The van der Waals surface area contributed by atoms with Crippen LogP contribution in [0.2, 0.25) is 0 Å². The van der Waals surface area contributed by atoms with Crippen molar-refractivity contribution in [2.24, 2.45) is 0 Å². The molecule has 3 rings (SSSR count). The Kier molecular flexibility index (Phi) is 5.27. The molecule has 2 aromatic rings. The summed E-state index contributed by atoms with van der Waals surface area (Å²) in [6.07, 6.45) is 3.22. The van der Waals surface area contributed by atoms with Crippen molar-refractivity contribution in [1.82, 2.24) is 0 Å². The first-order valence-electron chi connectivity index (χ1n) is 8.75. The van der Waals surface area contributed by atoms with E-state index in [1.54, 1.807) is 14.2 Å². The number of hydrogen-bond donors (Lipinski definition) is 0. The first-order chi connectivity index (χ1) is 12.1. The minimum atomic E-state index is 0.175. The first-order valence-corrected chi connectivity index (χ1v) is 8.75. The van der Waals surface area contributed by atoms with Gasteiger partial charge in [-0.3, -0.25) is 4.79 Å². The van der Waals surface area contributed by atoms with Gasteiger partial charge in [-0.15, -0.1) is 0 Å². The molecule has 2 aromatic carbocycles. The number of amides is 1. The number of anilines is 1. The van der Waals surface area contributed by atoms with Gasteiger partial charge in [0, 0.05) is 18.2 Å². The summed E-state index contributed by atoms with van der Waals surface area (Å²) in [5.74, 6) is 1.58. The van der Waals surface area contributed by atoms with Crippen LogP contribution in [0.25, 0.3) is 0 Å². The van der Waals surface area contributed by atoms with Crippen molar-refractivity contribution in [2.45, 2.75) is 38.6 Å². The second kappa shape index (κ2) is 7.60. The van der Waals surface area contributed by atoms with E-state index < -0.39 is 0 Å². The predicted octanol–water partition coefficient (Wildman–Crippen LogP) is 4.00. The lowest BCUT2D eigenvalue weighted by atomic mass is 9.96. The molecule has 0 aromatic heterocycles. The lowest BCUT2D eigenvalue weighted by Gasteiger charge is -2.35. The van der Waals surface area contributed by atoms with Crippen LogP contribution in [0.3, 0.4) is 0 Å². The van der Waals surface area contributed by atoms with Crippen molar-refractivity contribution in [3.63, 3.8) is 0 Å². The minimum absolute atomic E-state index is 0.175. The Morgan fingerprint density at radius 1 is 1.12 bits per heavy atom. The largest absolute Gasteiger partial charge is 0.493 e. The molecule has 1 atom stereocenters.